The molecule has 0 aliphatic heterocycles. The molecular formula is C15H19NO6. The van der Waals surface area contributed by atoms with E-state index in [1.807, 2.05) is 6.92 Å². The van der Waals surface area contributed by atoms with Gasteiger partial charge in [-0.15, -0.1) is 0 Å². The van der Waals surface area contributed by atoms with Gasteiger partial charge in [0.1, 0.15) is 0 Å². The fraction of sp³-hybridized carbons (Fsp3) is 0.400. The maximum Gasteiger partial charge on any atom is 0.335 e. The van der Waals surface area contributed by atoms with E-state index >= 15 is 0 Å². The number of aliphatic carboxylic acids is 1. The summed E-state index contributed by atoms with van der Waals surface area (Å²) in [6.45, 7) is 4.12. The molecule has 0 radical (unpaired) electrons. The molecule has 7 heteroatoms. The summed E-state index contributed by atoms with van der Waals surface area (Å²) in [6.07, 6.45) is 0.714. The maximum absolute atomic E-state index is 11.1. The van der Waals surface area contributed by atoms with Crippen molar-refractivity contribution in [2.75, 3.05) is 18.0 Å². The van der Waals surface area contributed by atoms with E-state index in [-0.39, 0.29) is 17.7 Å². The van der Waals surface area contributed by atoms with Crippen LogP contribution in [0.5, 0.6) is 0 Å². The number of rotatable bonds is 8. The molecule has 1 unspecified atom stereocenters. The molecule has 0 saturated carbocycles. The first-order valence-electron chi connectivity index (χ1n) is 6.85. The van der Waals surface area contributed by atoms with E-state index in [1.165, 1.54) is 12.1 Å². The Hall–Kier alpha value is -2.57. The minimum absolute atomic E-state index is 0.140. The van der Waals surface area contributed by atoms with Gasteiger partial charge in [-0.05, 0) is 24.6 Å². The van der Waals surface area contributed by atoms with Crippen molar-refractivity contribution in [3.8, 4) is 0 Å². The summed E-state index contributed by atoms with van der Waals surface area (Å²) < 4.78 is 0. The van der Waals surface area contributed by atoms with Crippen LogP contribution in [0, 0.1) is 5.92 Å². The fourth-order valence-electron chi connectivity index (χ4n) is 2.05. The Morgan fingerprint density at radius 1 is 1.05 bits per heavy atom. The summed E-state index contributed by atoms with van der Waals surface area (Å²) >= 11 is 0. The van der Waals surface area contributed by atoms with Gasteiger partial charge in [-0.3, -0.25) is 4.79 Å². The van der Waals surface area contributed by atoms with Gasteiger partial charge in [0.05, 0.1) is 17.0 Å². The molecule has 22 heavy (non-hydrogen) atoms. The van der Waals surface area contributed by atoms with Gasteiger partial charge in [0.15, 0.2) is 0 Å². The molecule has 0 amide bonds. The van der Waals surface area contributed by atoms with E-state index in [4.69, 9.17) is 15.3 Å². The van der Waals surface area contributed by atoms with Gasteiger partial charge >= 0.3 is 17.9 Å². The van der Waals surface area contributed by atoms with Crippen LogP contribution in [0.2, 0.25) is 0 Å². The summed E-state index contributed by atoms with van der Waals surface area (Å²) in [5, 5.41) is 27.2. The number of aromatic carboxylic acids is 2. The number of anilines is 1. The number of carboxylic acids is 3. The molecule has 1 aromatic carbocycles. The normalized spacial score (nSPS) is 11.7. The second-order valence-electron chi connectivity index (χ2n) is 5.06. The van der Waals surface area contributed by atoms with E-state index in [0.29, 0.717) is 18.7 Å². The van der Waals surface area contributed by atoms with E-state index in [9.17, 15) is 14.4 Å². The zero-order chi connectivity index (χ0) is 16.9. The SMILES string of the molecule is CCCN(CC(C)C(=O)O)c1cc(C(=O)O)cc(C(=O)O)c1. The van der Waals surface area contributed by atoms with Crippen molar-refractivity contribution in [1.29, 1.82) is 0 Å². The highest BCUT2D eigenvalue weighted by atomic mass is 16.4. The maximum atomic E-state index is 11.1. The zero-order valence-electron chi connectivity index (χ0n) is 12.4. The molecule has 0 aliphatic rings. The van der Waals surface area contributed by atoms with Gasteiger partial charge in [0, 0.05) is 18.8 Å². The van der Waals surface area contributed by atoms with Gasteiger partial charge < -0.3 is 20.2 Å². The van der Waals surface area contributed by atoms with E-state index in [2.05, 4.69) is 0 Å². The Kier molecular flexibility index (Phi) is 5.91. The summed E-state index contributed by atoms with van der Waals surface area (Å²) in [6, 6.07) is 3.80. The second-order valence-corrected chi connectivity index (χ2v) is 5.06. The third-order valence-electron chi connectivity index (χ3n) is 3.19. The lowest BCUT2D eigenvalue weighted by Gasteiger charge is -2.26. The summed E-state index contributed by atoms with van der Waals surface area (Å²) in [5.74, 6) is -4.08. The van der Waals surface area contributed by atoms with Crippen LogP contribution in [0.25, 0.3) is 0 Å². The lowest BCUT2D eigenvalue weighted by atomic mass is 10.1. The molecule has 0 aliphatic carbocycles. The van der Waals surface area contributed by atoms with Crippen LogP contribution >= 0.6 is 0 Å². The molecule has 1 rings (SSSR count). The fourth-order valence-corrected chi connectivity index (χ4v) is 2.05. The molecule has 0 bridgehead atoms. The number of carbonyl (C=O) groups is 3. The molecular weight excluding hydrogens is 290 g/mol. The third kappa shape index (κ3) is 4.47. The highest BCUT2D eigenvalue weighted by molar-refractivity contribution is 5.95. The topological polar surface area (TPSA) is 115 Å². The van der Waals surface area contributed by atoms with Gasteiger partial charge in [0.25, 0.3) is 0 Å². The highest BCUT2D eigenvalue weighted by Gasteiger charge is 2.19. The first-order chi connectivity index (χ1) is 10.3. The smallest absolute Gasteiger partial charge is 0.335 e. The van der Waals surface area contributed by atoms with Crippen molar-refractivity contribution in [3.63, 3.8) is 0 Å². The Morgan fingerprint density at radius 2 is 1.55 bits per heavy atom. The largest absolute Gasteiger partial charge is 0.481 e. The quantitative estimate of drug-likeness (QED) is 0.672. The van der Waals surface area contributed by atoms with Gasteiger partial charge in [0.2, 0.25) is 0 Å². The molecule has 0 fully saturated rings. The Morgan fingerprint density at radius 3 is 1.91 bits per heavy atom. The summed E-state index contributed by atoms with van der Waals surface area (Å²) in [7, 11) is 0. The Labute approximate surface area is 127 Å². The van der Waals surface area contributed by atoms with Gasteiger partial charge in [-0.1, -0.05) is 13.8 Å². The molecule has 0 heterocycles. The number of carboxylic acid groups (broad SMARTS) is 3. The van der Waals surface area contributed by atoms with E-state index in [0.717, 1.165) is 6.07 Å². The van der Waals surface area contributed by atoms with Crippen LogP contribution in [0.3, 0.4) is 0 Å². The monoisotopic (exact) mass is 309 g/mol. The highest BCUT2D eigenvalue weighted by Crippen LogP contribution is 2.21. The van der Waals surface area contributed by atoms with Crippen LogP contribution in [0.15, 0.2) is 18.2 Å². The van der Waals surface area contributed by atoms with Crippen molar-refractivity contribution in [2.45, 2.75) is 20.3 Å². The second kappa shape index (κ2) is 7.44. The predicted molar refractivity (Wildman–Crippen MR) is 79.7 cm³/mol. The van der Waals surface area contributed by atoms with Crippen molar-refractivity contribution < 1.29 is 29.7 Å². The van der Waals surface area contributed by atoms with E-state index < -0.39 is 23.8 Å². The first-order valence-corrected chi connectivity index (χ1v) is 6.85. The lowest BCUT2D eigenvalue weighted by molar-refractivity contribution is -0.140. The van der Waals surface area contributed by atoms with Crippen LogP contribution in [0.4, 0.5) is 5.69 Å². The van der Waals surface area contributed by atoms with Crippen molar-refractivity contribution >= 4 is 23.6 Å². The van der Waals surface area contributed by atoms with Crippen LogP contribution in [0.1, 0.15) is 41.0 Å². The number of nitrogens with zero attached hydrogens (tertiary/aromatic N) is 1. The standard InChI is InChI=1S/C15H19NO6/c1-3-4-16(8-9(2)13(17)18)12-6-10(14(19)20)5-11(7-12)15(21)22/h5-7,9H,3-4,8H2,1-2H3,(H,17,18)(H,19,20)(H,21,22). The predicted octanol–water partition coefficient (Wildman–Crippen LogP) is 2.02. The average Bonchev–Trinajstić information content (AvgIpc) is 2.45. The molecule has 0 aromatic heterocycles. The average molecular weight is 309 g/mol. The Bertz CT molecular complexity index is 551. The van der Waals surface area contributed by atoms with Crippen LogP contribution in [-0.2, 0) is 4.79 Å². The summed E-state index contributed by atoms with van der Waals surface area (Å²) in [4.78, 5) is 35.0. The van der Waals surface area contributed by atoms with Crippen LogP contribution in [-0.4, -0.2) is 46.3 Å². The van der Waals surface area contributed by atoms with Crippen LogP contribution < -0.4 is 4.90 Å². The minimum Gasteiger partial charge on any atom is -0.481 e. The Balaban J connectivity index is 3.25. The molecule has 1 aromatic rings. The molecule has 0 spiro atoms. The van der Waals surface area contributed by atoms with Crippen molar-refractivity contribution in [3.05, 3.63) is 29.3 Å². The summed E-state index contributed by atoms with van der Waals surface area (Å²) in [5.41, 5.74) is 0.116. The lowest BCUT2D eigenvalue weighted by Crippen LogP contribution is -2.32. The number of hydrogen-bond acceptors (Lipinski definition) is 4. The first kappa shape index (κ1) is 17.5. The van der Waals surface area contributed by atoms with E-state index in [1.54, 1.807) is 11.8 Å². The molecule has 120 valence electrons. The molecule has 7 nitrogen and oxygen atoms in total. The molecule has 1 atom stereocenters. The molecule has 3 N–H and O–H groups in total. The number of hydrogen-bond donors (Lipinski definition) is 3. The van der Waals surface area contributed by atoms with Crippen molar-refractivity contribution in [1.82, 2.24) is 0 Å². The number of benzene rings is 1. The van der Waals surface area contributed by atoms with Gasteiger partial charge in [-0.25, -0.2) is 9.59 Å². The minimum atomic E-state index is -1.23. The van der Waals surface area contributed by atoms with Crippen molar-refractivity contribution in [2.24, 2.45) is 5.92 Å². The zero-order valence-corrected chi connectivity index (χ0v) is 12.4. The molecule has 0 saturated heterocycles. The third-order valence-corrected chi connectivity index (χ3v) is 3.19. The van der Waals surface area contributed by atoms with Gasteiger partial charge in [-0.2, -0.15) is 0 Å².